The minimum Gasteiger partial charge on any atom is -0.378 e. The molecule has 0 saturated carbocycles. The van der Waals surface area contributed by atoms with Crippen LogP contribution in [0, 0.1) is 19.7 Å². The first-order chi connectivity index (χ1) is 16.4. The van der Waals surface area contributed by atoms with Crippen LogP contribution in [-0.4, -0.2) is 26.4 Å². The van der Waals surface area contributed by atoms with E-state index in [9.17, 15) is 9.18 Å². The SMILES string of the molecule is Cc1ccc(-n2c(CNc3ccc(F)cc3)nnc2SCC(=O)Nc2ccccc2Cl)c(C)c1. The van der Waals surface area contributed by atoms with E-state index in [1.165, 1.54) is 23.9 Å². The van der Waals surface area contributed by atoms with E-state index in [1.54, 1.807) is 30.3 Å². The summed E-state index contributed by atoms with van der Waals surface area (Å²) in [7, 11) is 0. The molecule has 0 unspecified atom stereocenters. The Labute approximate surface area is 206 Å². The zero-order chi connectivity index (χ0) is 24.1. The maximum absolute atomic E-state index is 13.2. The molecule has 0 saturated heterocycles. The summed E-state index contributed by atoms with van der Waals surface area (Å²) in [5.41, 5.74) is 4.47. The van der Waals surface area contributed by atoms with E-state index in [0.29, 0.717) is 28.2 Å². The van der Waals surface area contributed by atoms with Crippen LogP contribution in [0.4, 0.5) is 15.8 Å². The van der Waals surface area contributed by atoms with Gasteiger partial charge in [-0.3, -0.25) is 9.36 Å². The van der Waals surface area contributed by atoms with Gasteiger partial charge in [-0.2, -0.15) is 0 Å². The average molecular weight is 496 g/mol. The zero-order valence-electron chi connectivity index (χ0n) is 18.7. The summed E-state index contributed by atoms with van der Waals surface area (Å²) in [6.07, 6.45) is 0. The Balaban J connectivity index is 1.55. The van der Waals surface area contributed by atoms with Gasteiger partial charge in [0.15, 0.2) is 11.0 Å². The fraction of sp³-hybridized carbons (Fsp3) is 0.160. The summed E-state index contributed by atoms with van der Waals surface area (Å²) in [5, 5.41) is 15.9. The average Bonchev–Trinajstić information content (AvgIpc) is 3.21. The molecule has 9 heteroatoms. The molecule has 3 aromatic carbocycles. The minimum absolute atomic E-state index is 0.139. The van der Waals surface area contributed by atoms with E-state index < -0.39 is 0 Å². The van der Waals surface area contributed by atoms with Crippen molar-refractivity contribution >= 4 is 40.6 Å². The molecule has 0 radical (unpaired) electrons. The van der Waals surface area contributed by atoms with Gasteiger partial charge in [0.25, 0.3) is 0 Å². The molecule has 2 N–H and O–H groups in total. The number of para-hydroxylation sites is 1. The van der Waals surface area contributed by atoms with Gasteiger partial charge in [-0.1, -0.05) is 53.2 Å². The molecule has 0 aliphatic heterocycles. The molecule has 1 amide bonds. The highest BCUT2D eigenvalue weighted by Gasteiger charge is 2.18. The molecule has 1 aromatic heterocycles. The number of carbonyl (C=O) groups excluding carboxylic acids is 1. The Morgan fingerprint density at radius 3 is 2.56 bits per heavy atom. The van der Waals surface area contributed by atoms with Crippen LogP contribution in [-0.2, 0) is 11.3 Å². The summed E-state index contributed by atoms with van der Waals surface area (Å²) >= 11 is 7.43. The number of hydrogen-bond donors (Lipinski definition) is 2. The van der Waals surface area contributed by atoms with Crippen LogP contribution >= 0.6 is 23.4 Å². The largest absolute Gasteiger partial charge is 0.378 e. The van der Waals surface area contributed by atoms with Crippen molar-refractivity contribution in [3.63, 3.8) is 0 Å². The second kappa shape index (κ2) is 10.7. The first kappa shape index (κ1) is 23.8. The maximum atomic E-state index is 13.2. The van der Waals surface area contributed by atoms with Crippen molar-refractivity contribution in [1.82, 2.24) is 14.8 Å². The topological polar surface area (TPSA) is 71.8 Å². The fourth-order valence-electron chi connectivity index (χ4n) is 3.43. The van der Waals surface area contributed by atoms with Gasteiger partial charge in [0.2, 0.25) is 5.91 Å². The van der Waals surface area contributed by atoms with E-state index in [1.807, 2.05) is 36.6 Å². The molecule has 6 nitrogen and oxygen atoms in total. The van der Waals surface area contributed by atoms with Crippen LogP contribution in [0.15, 0.2) is 71.9 Å². The number of hydrogen-bond acceptors (Lipinski definition) is 5. The fourth-order valence-corrected chi connectivity index (χ4v) is 4.38. The first-order valence-electron chi connectivity index (χ1n) is 10.6. The monoisotopic (exact) mass is 495 g/mol. The number of nitrogens with one attached hydrogen (secondary N) is 2. The third-order valence-corrected chi connectivity index (χ3v) is 6.33. The number of nitrogens with zero attached hydrogens (tertiary/aromatic N) is 3. The van der Waals surface area contributed by atoms with Crippen molar-refractivity contribution in [3.8, 4) is 5.69 Å². The van der Waals surface area contributed by atoms with Gasteiger partial charge >= 0.3 is 0 Å². The van der Waals surface area contributed by atoms with E-state index in [-0.39, 0.29) is 17.5 Å². The van der Waals surface area contributed by atoms with Crippen molar-refractivity contribution in [2.24, 2.45) is 0 Å². The third-order valence-electron chi connectivity index (χ3n) is 5.07. The lowest BCUT2D eigenvalue weighted by atomic mass is 10.1. The Hall–Kier alpha value is -3.36. The highest BCUT2D eigenvalue weighted by atomic mass is 35.5. The van der Waals surface area contributed by atoms with Gasteiger partial charge in [0.1, 0.15) is 5.82 Å². The molecule has 0 fully saturated rings. The normalized spacial score (nSPS) is 10.8. The predicted octanol–water partition coefficient (Wildman–Crippen LogP) is 6.02. The number of amides is 1. The van der Waals surface area contributed by atoms with Crippen molar-refractivity contribution < 1.29 is 9.18 Å². The minimum atomic E-state index is -0.294. The van der Waals surface area contributed by atoms with Crippen LogP contribution in [0.25, 0.3) is 5.69 Å². The van der Waals surface area contributed by atoms with Gasteiger partial charge in [-0.25, -0.2) is 4.39 Å². The van der Waals surface area contributed by atoms with Crippen LogP contribution in [0.1, 0.15) is 17.0 Å². The highest BCUT2D eigenvalue weighted by Crippen LogP contribution is 2.26. The van der Waals surface area contributed by atoms with Crippen LogP contribution in [0.3, 0.4) is 0 Å². The summed E-state index contributed by atoms with van der Waals surface area (Å²) in [6, 6.07) is 19.4. The van der Waals surface area contributed by atoms with Crippen molar-refractivity contribution in [1.29, 1.82) is 0 Å². The van der Waals surface area contributed by atoms with E-state index >= 15 is 0 Å². The molecule has 1 heterocycles. The van der Waals surface area contributed by atoms with Gasteiger partial charge in [0.05, 0.1) is 28.7 Å². The Bertz CT molecular complexity index is 1310. The standard InChI is InChI=1S/C25H23ClFN5OS/c1-16-7-12-22(17(2)13-16)32-23(14-28-19-10-8-18(27)9-11-19)30-31-25(32)34-15-24(33)29-21-6-4-3-5-20(21)26/h3-13,28H,14-15H2,1-2H3,(H,29,33). The number of thioether (sulfide) groups is 1. The maximum Gasteiger partial charge on any atom is 0.234 e. The molecule has 0 bridgehead atoms. The molecule has 174 valence electrons. The van der Waals surface area contributed by atoms with Gasteiger partial charge in [-0.05, 0) is 61.9 Å². The lowest BCUT2D eigenvalue weighted by Gasteiger charge is -2.14. The molecular formula is C25H23ClFN5OS. The highest BCUT2D eigenvalue weighted by molar-refractivity contribution is 7.99. The Morgan fingerprint density at radius 2 is 1.82 bits per heavy atom. The number of anilines is 2. The smallest absolute Gasteiger partial charge is 0.234 e. The number of halogens is 2. The summed E-state index contributed by atoms with van der Waals surface area (Å²) in [6.45, 7) is 4.44. The quantitative estimate of drug-likeness (QED) is 0.292. The second-order valence-corrected chi connectivity index (χ2v) is 9.05. The van der Waals surface area contributed by atoms with E-state index in [2.05, 4.69) is 26.9 Å². The van der Waals surface area contributed by atoms with Crippen LogP contribution in [0.2, 0.25) is 5.02 Å². The molecule has 0 aliphatic carbocycles. The summed E-state index contributed by atoms with van der Waals surface area (Å²) < 4.78 is 15.2. The lowest BCUT2D eigenvalue weighted by Crippen LogP contribution is -2.15. The number of rotatable bonds is 8. The van der Waals surface area contributed by atoms with Gasteiger partial charge < -0.3 is 10.6 Å². The van der Waals surface area contributed by atoms with Crippen molar-refractivity contribution in [3.05, 3.63) is 94.5 Å². The molecule has 0 atom stereocenters. The van der Waals surface area contributed by atoms with E-state index in [4.69, 9.17) is 11.6 Å². The number of aromatic nitrogens is 3. The lowest BCUT2D eigenvalue weighted by molar-refractivity contribution is -0.113. The number of benzene rings is 3. The first-order valence-corrected chi connectivity index (χ1v) is 12.0. The molecule has 4 rings (SSSR count). The molecule has 4 aromatic rings. The number of carbonyl (C=O) groups is 1. The summed E-state index contributed by atoms with van der Waals surface area (Å²) in [4.78, 5) is 12.6. The van der Waals surface area contributed by atoms with Crippen LogP contribution in [0.5, 0.6) is 0 Å². The second-order valence-electron chi connectivity index (χ2n) is 7.70. The molecule has 34 heavy (non-hydrogen) atoms. The number of aryl methyl sites for hydroxylation is 2. The van der Waals surface area contributed by atoms with Gasteiger partial charge in [-0.15, -0.1) is 10.2 Å². The zero-order valence-corrected chi connectivity index (χ0v) is 20.3. The third kappa shape index (κ3) is 5.76. The van der Waals surface area contributed by atoms with E-state index in [0.717, 1.165) is 22.5 Å². The van der Waals surface area contributed by atoms with Crippen LogP contribution < -0.4 is 10.6 Å². The predicted molar refractivity (Wildman–Crippen MR) is 135 cm³/mol. The van der Waals surface area contributed by atoms with Crippen molar-refractivity contribution in [2.75, 3.05) is 16.4 Å². The molecule has 0 spiro atoms. The summed E-state index contributed by atoms with van der Waals surface area (Å²) in [5.74, 6) is 0.321. The van der Waals surface area contributed by atoms with Crippen molar-refractivity contribution in [2.45, 2.75) is 25.5 Å². The molecular weight excluding hydrogens is 473 g/mol. The molecule has 0 aliphatic rings. The Kier molecular flexibility index (Phi) is 7.49. The van der Waals surface area contributed by atoms with Gasteiger partial charge in [0, 0.05) is 5.69 Å². The Morgan fingerprint density at radius 1 is 1.06 bits per heavy atom.